The van der Waals surface area contributed by atoms with Crippen LogP contribution in [0.4, 0.5) is 5.69 Å². The molecule has 132 valence electrons. The van der Waals surface area contributed by atoms with E-state index in [1.807, 2.05) is 20.8 Å². The first-order valence-electron chi connectivity index (χ1n) is 8.37. The molecular formula is C19H23N3O3. The number of amides is 2. The lowest BCUT2D eigenvalue weighted by molar-refractivity contribution is 0.0772. The van der Waals surface area contributed by atoms with Crippen molar-refractivity contribution in [1.29, 1.82) is 0 Å². The average Bonchev–Trinajstić information content (AvgIpc) is 2.64. The summed E-state index contributed by atoms with van der Waals surface area (Å²) in [6, 6.07) is 8.68. The summed E-state index contributed by atoms with van der Waals surface area (Å²) < 4.78 is 5.37. The topological polar surface area (TPSA) is 71.5 Å². The molecule has 6 nitrogen and oxygen atoms in total. The number of nitrogens with one attached hydrogen (secondary N) is 1. The maximum Gasteiger partial charge on any atom is 0.257 e. The molecule has 0 spiro atoms. The summed E-state index contributed by atoms with van der Waals surface area (Å²) in [5, 5.41) is 2.79. The van der Waals surface area contributed by atoms with Crippen LogP contribution < -0.4 is 10.1 Å². The second kappa shape index (κ2) is 8.82. The minimum atomic E-state index is -0.314. The number of benzene rings is 1. The van der Waals surface area contributed by atoms with Gasteiger partial charge in [0, 0.05) is 31.2 Å². The van der Waals surface area contributed by atoms with E-state index in [2.05, 4.69) is 10.3 Å². The Balaban J connectivity index is 2.11. The molecule has 0 radical (unpaired) electrons. The summed E-state index contributed by atoms with van der Waals surface area (Å²) in [5.41, 5.74) is 1.39. The molecule has 0 aliphatic carbocycles. The van der Waals surface area contributed by atoms with Crippen molar-refractivity contribution < 1.29 is 14.3 Å². The van der Waals surface area contributed by atoms with Crippen LogP contribution in [0.15, 0.2) is 42.7 Å². The summed E-state index contributed by atoms with van der Waals surface area (Å²) in [6.07, 6.45) is 2.93. The van der Waals surface area contributed by atoms with Crippen molar-refractivity contribution in [3.8, 4) is 5.75 Å². The number of anilines is 1. The summed E-state index contributed by atoms with van der Waals surface area (Å²) in [6.45, 7) is 7.55. The highest BCUT2D eigenvalue weighted by Crippen LogP contribution is 2.16. The Morgan fingerprint density at radius 3 is 2.28 bits per heavy atom. The summed E-state index contributed by atoms with van der Waals surface area (Å²) in [7, 11) is 0. The van der Waals surface area contributed by atoms with Gasteiger partial charge >= 0.3 is 0 Å². The Morgan fingerprint density at radius 2 is 1.68 bits per heavy atom. The lowest BCUT2D eigenvalue weighted by Crippen LogP contribution is -2.30. The minimum Gasteiger partial charge on any atom is -0.494 e. The number of hydrogen-bond acceptors (Lipinski definition) is 4. The van der Waals surface area contributed by atoms with Gasteiger partial charge in [0.15, 0.2) is 0 Å². The number of rotatable bonds is 7. The molecule has 0 bridgehead atoms. The SMILES string of the molecule is CCOc1ccc(NC(=O)c2cncc(C(=O)N(CC)CC)c2)cc1. The molecule has 1 aromatic heterocycles. The number of ether oxygens (including phenoxy) is 1. The quantitative estimate of drug-likeness (QED) is 0.839. The van der Waals surface area contributed by atoms with Gasteiger partial charge in [0.05, 0.1) is 17.7 Å². The molecule has 2 aromatic rings. The molecule has 0 atom stereocenters. The van der Waals surface area contributed by atoms with Crippen LogP contribution in [0.1, 0.15) is 41.5 Å². The Hall–Kier alpha value is -2.89. The number of carbonyl (C=O) groups excluding carboxylic acids is 2. The van der Waals surface area contributed by atoms with Crippen molar-refractivity contribution in [2.75, 3.05) is 25.0 Å². The molecule has 0 fully saturated rings. The van der Waals surface area contributed by atoms with Crippen molar-refractivity contribution in [1.82, 2.24) is 9.88 Å². The Bertz CT molecular complexity index is 725. The molecule has 0 unspecified atom stereocenters. The fourth-order valence-electron chi connectivity index (χ4n) is 2.38. The first-order valence-corrected chi connectivity index (χ1v) is 8.37. The molecule has 0 aliphatic heterocycles. The van der Waals surface area contributed by atoms with Crippen molar-refractivity contribution in [2.24, 2.45) is 0 Å². The monoisotopic (exact) mass is 341 g/mol. The number of carbonyl (C=O) groups is 2. The zero-order chi connectivity index (χ0) is 18.2. The van der Waals surface area contributed by atoms with Crippen LogP contribution in [0.25, 0.3) is 0 Å². The third-order valence-corrected chi connectivity index (χ3v) is 3.72. The zero-order valence-corrected chi connectivity index (χ0v) is 14.8. The molecule has 0 saturated heterocycles. The minimum absolute atomic E-state index is 0.131. The Morgan fingerprint density at radius 1 is 1.04 bits per heavy atom. The smallest absolute Gasteiger partial charge is 0.257 e. The summed E-state index contributed by atoms with van der Waals surface area (Å²) in [4.78, 5) is 30.5. The summed E-state index contributed by atoms with van der Waals surface area (Å²) in [5.74, 6) is 0.299. The maximum absolute atomic E-state index is 12.4. The molecule has 0 aliphatic rings. The summed E-state index contributed by atoms with van der Waals surface area (Å²) >= 11 is 0. The van der Waals surface area contributed by atoms with Gasteiger partial charge in [-0.05, 0) is 51.1 Å². The Kier molecular flexibility index (Phi) is 6.51. The predicted molar refractivity (Wildman–Crippen MR) is 97.1 cm³/mol. The van der Waals surface area contributed by atoms with Gasteiger partial charge < -0.3 is 15.0 Å². The van der Waals surface area contributed by atoms with E-state index >= 15 is 0 Å². The van der Waals surface area contributed by atoms with Crippen LogP contribution in [0.3, 0.4) is 0 Å². The first kappa shape index (κ1) is 18.4. The second-order valence-electron chi connectivity index (χ2n) is 5.35. The van der Waals surface area contributed by atoms with Gasteiger partial charge in [0.2, 0.25) is 0 Å². The van der Waals surface area contributed by atoms with Gasteiger partial charge in [0.25, 0.3) is 11.8 Å². The van der Waals surface area contributed by atoms with Crippen molar-refractivity contribution in [2.45, 2.75) is 20.8 Å². The van der Waals surface area contributed by atoms with Crippen LogP contribution in [-0.2, 0) is 0 Å². The van der Waals surface area contributed by atoms with E-state index in [-0.39, 0.29) is 11.8 Å². The van der Waals surface area contributed by atoms with E-state index in [0.717, 1.165) is 5.75 Å². The van der Waals surface area contributed by atoms with E-state index in [4.69, 9.17) is 4.74 Å². The largest absolute Gasteiger partial charge is 0.494 e. The molecule has 2 amide bonds. The molecule has 2 rings (SSSR count). The Labute approximate surface area is 147 Å². The molecule has 0 saturated carbocycles. The molecule has 1 aromatic carbocycles. The molecule has 25 heavy (non-hydrogen) atoms. The maximum atomic E-state index is 12.4. The van der Waals surface area contributed by atoms with Crippen molar-refractivity contribution >= 4 is 17.5 Å². The van der Waals surface area contributed by atoms with Crippen LogP contribution >= 0.6 is 0 Å². The second-order valence-corrected chi connectivity index (χ2v) is 5.35. The third-order valence-electron chi connectivity index (χ3n) is 3.72. The zero-order valence-electron chi connectivity index (χ0n) is 14.8. The van der Waals surface area contributed by atoms with E-state index in [1.165, 1.54) is 12.4 Å². The van der Waals surface area contributed by atoms with Crippen molar-refractivity contribution in [3.63, 3.8) is 0 Å². The molecule has 1 N–H and O–H groups in total. The fraction of sp³-hybridized carbons (Fsp3) is 0.316. The number of aromatic nitrogens is 1. The van der Waals surface area contributed by atoms with Gasteiger partial charge in [-0.3, -0.25) is 14.6 Å². The standard InChI is InChI=1S/C19H23N3O3/c1-4-22(5-2)19(24)15-11-14(12-20-13-15)18(23)21-16-7-9-17(10-8-16)25-6-3/h7-13H,4-6H2,1-3H3,(H,21,23). The van der Waals surface area contributed by atoms with Crippen LogP contribution in [0.5, 0.6) is 5.75 Å². The van der Waals surface area contributed by atoms with Gasteiger partial charge in [-0.1, -0.05) is 0 Å². The van der Waals surface area contributed by atoms with E-state index in [0.29, 0.717) is 36.5 Å². The van der Waals surface area contributed by atoms with Gasteiger partial charge in [-0.2, -0.15) is 0 Å². The van der Waals surface area contributed by atoms with Crippen LogP contribution in [-0.4, -0.2) is 41.4 Å². The van der Waals surface area contributed by atoms with E-state index in [9.17, 15) is 9.59 Å². The highest BCUT2D eigenvalue weighted by molar-refractivity contribution is 6.05. The van der Waals surface area contributed by atoms with E-state index in [1.54, 1.807) is 35.2 Å². The highest BCUT2D eigenvalue weighted by atomic mass is 16.5. The van der Waals surface area contributed by atoms with Crippen LogP contribution in [0.2, 0.25) is 0 Å². The number of hydrogen-bond donors (Lipinski definition) is 1. The first-order chi connectivity index (χ1) is 12.1. The molecule has 6 heteroatoms. The van der Waals surface area contributed by atoms with Crippen LogP contribution in [0, 0.1) is 0 Å². The normalized spacial score (nSPS) is 10.2. The lowest BCUT2D eigenvalue weighted by Gasteiger charge is -2.18. The van der Waals surface area contributed by atoms with Crippen molar-refractivity contribution in [3.05, 3.63) is 53.9 Å². The van der Waals surface area contributed by atoms with Gasteiger partial charge in [-0.25, -0.2) is 0 Å². The lowest BCUT2D eigenvalue weighted by atomic mass is 10.1. The molecule has 1 heterocycles. The van der Waals surface area contributed by atoms with E-state index < -0.39 is 0 Å². The predicted octanol–water partition coefficient (Wildman–Crippen LogP) is 3.21. The van der Waals surface area contributed by atoms with Gasteiger partial charge in [0.1, 0.15) is 5.75 Å². The highest BCUT2D eigenvalue weighted by Gasteiger charge is 2.15. The number of pyridine rings is 1. The average molecular weight is 341 g/mol. The van der Waals surface area contributed by atoms with Gasteiger partial charge in [-0.15, -0.1) is 0 Å². The third kappa shape index (κ3) is 4.79. The fourth-order valence-corrected chi connectivity index (χ4v) is 2.38. The molecular weight excluding hydrogens is 318 g/mol. The number of nitrogens with zero attached hydrogens (tertiary/aromatic N) is 2.